The molecule has 0 aliphatic rings. The van der Waals surface area contributed by atoms with Gasteiger partial charge in [-0.3, -0.25) is 0 Å². The van der Waals surface area contributed by atoms with Gasteiger partial charge in [0.05, 0.1) is 11.1 Å². The topological polar surface area (TPSA) is 21.3 Å². The summed E-state index contributed by atoms with van der Waals surface area (Å²) in [5.41, 5.74) is 1.29. The van der Waals surface area contributed by atoms with Gasteiger partial charge >= 0.3 is 0 Å². The third-order valence-electron chi connectivity index (χ3n) is 2.58. The van der Waals surface area contributed by atoms with E-state index in [4.69, 9.17) is 4.74 Å². The molecule has 2 nitrogen and oxygen atoms in total. The minimum atomic E-state index is 0. The van der Waals surface area contributed by atoms with Crippen molar-refractivity contribution in [1.82, 2.24) is 5.32 Å². The summed E-state index contributed by atoms with van der Waals surface area (Å²) in [6.07, 6.45) is 3.84. The molecule has 1 aromatic carbocycles. The standard InChI is InChI=1S/C14H22BrNO.ClH/c1-3-5-6-9-16-11-12-7-8-14(17-4-2)13(15)10-12;/h7-8,10,16H,3-6,9,11H2,1-2H3;1H. The molecule has 0 radical (unpaired) electrons. The maximum Gasteiger partial charge on any atom is 0.133 e. The maximum atomic E-state index is 5.48. The normalized spacial score (nSPS) is 9.94. The predicted molar refractivity (Wildman–Crippen MR) is 83.8 cm³/mol. The summed E-state index contributed by atoms with van der Waals surface area (Å²) in [7, 11) is 0. The van der Waals surface area contributed by atoms with Crippen molar-refractivity contribution in [3.63, 3.8) is 0 Å². The SMILES string of the molecule is CCCCCNCc1ccc(OCC)c(Br)c1.Cl. The molecule has 0 aliphatic carbocycles. The third-order valence-corrected chi connectivity index (χ3v) is 3.20. The molecule has 4 heteroatoms. The largest absolute Gasteiger partial charge is 0.493 e. The molecule has 0 fully saturated rings. The van der Waals surface area contributed by atoms with Crippen molar-refractivity contribution in [3.05, 3.63) is 28.2 Å². The molecule has 0 bridgehead atoms. The Kier molecular flexibility index (Phi) is 10.5. The maximum absolute atomic E-state index is 5.48. The first-order valence-corrected chi connectivity index (χ1v) is 7.19. The Morgan fingerprint density at radius 3 is 2.61 bits per heavy atom. The quantitative estimate of drug-likeness (QED) is 0.703. The lowest BCUT2D eigenvalue weighted by Gasteiger charge is -2.09. The molecule has 104 valence electrons. The highest BCUT2D eigenvalue weighted by Gasteiger charge is 2.01. The van der Waals surface area contributed by atoms with Crippen molar-refractivity contribution >= 4 is 28.3 Å². The van der Waals surface area contributed by atoms with Gasteiger partial charge < -0.3 is 10.1 Å². The molecule has 0 saturated carbocycles. The number of nitrogens with one attached hydrogen (secondary N) is 1. The summed E-state index contributed by atoms with van der Waals surface area (Å²) >= 11 is 3.53. The molecule has 0 saturated heterocycles. The first kappa shape index (κ1) is 17.8. The number of rotatable bonds is 8. The average molecular weight is 337 g/mol. The van der Waals surface area contributed by atoms with Crippen LogP contribution in [-0.2, 0) is 6.54 Å². The van der Waals surface area contributed by atoms with E-state index in [9.17, 15) is 0 Å². The Morgan fingerprint density at radius 2 is 2.00 bits per heavy atom. The van der Waals surface area contributed by atoms with Crippen LogP contribution in [0.3, 0.4) is 0 Å². The van der Waals surface area contributed by atoms with E-state index >= 15 is 0 Å². The Bertz CT molecular complexity index is 334. The van der Waals surface area contributed by atoms with Gasteiger partial charge in [-0.2, -0.15) is 0 Å². The molecule has 0 atom stereocenters. The molecule has 0 aliphatic heterocycles. The monoisotopic (exact) mass is 335 g/mol. The second-order valence-electron chi connectivity index (χ2n) is 4.08. The number of benzene rings is 1. The molecule has 1 N–H and O–H groups in total. The zero-order valence-electron chi connectivity index (χ0n) is 11.2. The minimum Gasteiger partial charge on any atom is -0.493 e. The Balaban J connectivity index is 0.00000289. The van der Waals surface area contributed by atoms with Crippen molar-refractivity contribution in [1.29, 1.82) is 0 Å². The Hall–Kier alpha value is -0.250. The predicted octanol–water partition coefficient (Wildman–Crippen LogP) is 4.55. The van der Waals surface area contributed by atoms with Gasteiger partial charge in [-0.1, -0.05) is 25.8 Å². The second-order valence-corrected chi connectivity index (χ2v) is 4.94. The first-order chi connectivity index (χ1) is 8.27. The number of hydrogen-bond donors (Lipinski definition) is 1. The van der Waals surface area contributed by atoms with Crippen LogP contribution in [0.2, 0.25) is 0 Å². The van der Waals surface area contributed by atoms with Crippen LogP contribution in [0, 0.1) is 0 Å². The van der Waals surface area contributed by atoms with Crippen LogP contribution in [0.4, 0.5) is 0 Å². The lowest BCUT2D eigenvalue weighted by Crippen LogP contribution is -2.14. The van der Waals surface area contributed by atoms with Gasteiger partial charge in [0.1, 0.15) is 5.75 Å². The van der Waals surface area contributed by atoms with Crippen molar-refractivity contribution in [2.45, 2.75) is 39.7 Å². The summed E-state index contributed by atoms with van der Waals surface area (Å²) in [5, 5.41) is 3.45. The smallest absolute Gasteiger partial charge is 0.133 e. The average Bonchev–Trinajstić information content (AvgIpc) is 2.32. The lowest BCUT2D eigenvalue weighted by molar-refractivity contribution is 0.338. The summed E-state index contributed by atoms with van der Waals surface area (Å²) in [5.74, 6) is 0.919. The molecule has 0 unspecified atom stereocenters. The van der Waals surface area contributed by atoms with E-state index in [1.165, 1.54) is 24.8 Å². The van der Waals surface area contributed by atoms with Gasteiger partial charge in [0, 0.05) is 6.54 Å². The van der Waals surface area contributed by atoms with Gasteiger partial charge in [0.2, 0.25) is 0 Å². The van der Waals surface area contributed by atoms with Gasteiger partial charge in [-0.25, -0.2) is 0 Å². The van der Waals surface area contributed by atoms with E-state index in [0.29, 0.717) is 6.61 Å². The molecular weight excluding hydrogens is 314 g/mol. The molecule has 0 spiro atoms. The van der Waals surface area contributed by atoms with E-state index in [1.807, 2.05) is 13.0 Å². The number of ether oxygens (including phenoxy) is 1. The Morgan fingerprint density at radius 1 is 1.22 bits per heavy atom. The third kappa shape index (κ3) is 6.62. The highest BCUT2D eigenvalue weighted by molar-refractivity contribution is 9.10. The Labute approximate surface area is 125 Å². The number of halogens is 2. The molecule has 1 aromatic rings. The van der Waals surface area contributed by atoms with Crippen LogP contribution in [0.15, 0.2) is 22.7 Å². The van der Waals surface area contributed by atoms with Gasteiger partial charge in [0.25, 0.3) is 0 Å². The van der Waals surface area contributed by atoms with Crippen LogP contribution in [0.25, 0.3) is 0 Å². The number of unbranched alkanes of at least 4 members (excludes halogenated alkanes) is 2. The van der Waals surface area contributed by atoms with E-state index in [0.717, 1.165) is 23.3 Å². The van der Waals surface area contributed by atoms with Crippen molar-refractivity contribution in [2.75, 3.05) is 13.2 Å². The fourth-order valence-electron chi connectivity index (χ4n) is 1.66. The molecule has 1 rings (SSSR count). The summed E-state index contributed by atoms with van der Waals surface area (Å²) < 4.78 is 6.52. The van der Waals surface area contributed by atoms with Crippen molar-refractivity contribution in [2.24, 2.45) is 0 Å². The fraction of sp³-hybridized carbons (Fsp3) is 0.571. The van der Waals surface area contributed by atoms with Crippen LogP contribution < -0.4 is 10.1 Å². The van der Waals surface area contributed by atoms with Gasteiger partial charge in [-0.15, -0.1) is 12.4 Å². The zero-order valence-corrected chi connectivity index (χ0v) is 13.6. The van der Waals surface area contributed by atoms with Crippen LogP contribution in [0.1, 0.15) is 38.7 Å². The molecular formula is C14H23BrClNO. The first-order valence-electron chi connectivity index (χ1n) is 6.39. The van der Waals surface area contributed by atoms with E-state index < -0.39 is 0 Å². The summed E-state index contributed by atoms with van der Waals surface area (Å²) in [6, 6.07) is 6.26. The van der Waals surface area contributed by atoms with E-state index in [1.54, 1.807) is 0 Å². The van der Waals surface area contributed by atoms with E-state index in [2.05, 4.69) is 40.3 Å². The molecule has 0 heterocycles. The second kappa shape index (κ2) is 10.7. The highest BCUT2D eigenvalue weighted by Crippen LogP contribution is 2.25. The molecule has 0 amide bonds. The highest BCUT2D eigenvalue weighted by atomic mass is 79.9. The summed E-state index contributed by atoms with van der Waals surface area (Å²) in [4.78, 5) is 0. The van der Waals surface area contributed by atoms with Crippen LogP contribution >= 0.6 is 28.3 Å². The van der Waals surface area contributed by atoms with E-state index in [-0.39, 0.29) is 12.4 Å². The van der Waals surface area contributed by atoms with Crippen LogP contribution in [0.5, 0.6) is 5.75 Å². The molecule has 18 heavy (non-hydrogen) atoms. The zero-order chi connectivity index (χ0) is 12.5. The fourth-order valence-corrected chi connectivity index (χ4v) is 2.20. The molecule has 0 aromatic heterocycles. The minimum absolute atomic E-state index is 0. The van der Waals surface area contributed by atoms with Gasteiger partial charge in [0.15, 0.2) is 0 Å². The van der Waals surface area contributed by atoms with Crippen molar-refractivity contribution in [3.8, 4) is 5.75 Å². The van der Waals surface area contributed by atoms with Crippen LogP contribution in [-0.4, -0.2) is 13.2 Å². The lowest BCUT2D eigenvalue weighted by atomic mass is 10.2. The van der Waals surface area contributed by atoms with Gasteiger partial charge in [-0.05, 0) is 53.5 Å². The summed E-state index contributed by atoms with van der Waals surface area (Å²) in [6.45, 7) is 6.94. The number of hydrogen-bond acceptors (Lipinski definition) is 2. The van der Waals surface area contributed by atoms with Crippen molar-refractivity contribution < 1.29 is 4.74 Å².